The van der Waals surface area contributed by atoms with Gasteiger partial charge in [0.25, 0.3) is 0 Å². The van der Waals surface area contributed by atoms with Crippen LogP contribution in [0.3, 0.4) is 0 Å². The van der Waals surface area contributed by atoms with Crippen molar-refractivity contribution < 1.29 is 22.7 Å². The van der Waals surface area contributed by atoms with Crippen molar-refractivity contribution in [1.29, 1.82) is 0 Å². The van der Waals surface area contributed by atoms with Crippen molar-refractivity contribution >= 4 is 37.7 Å². The number of rotatable bonds is 5. The lowest BCUT2D eigenvalue weighted by molar-refractivity contribution is -0.129. The number of ketones is 1. The summed E-state index contributed by atoms with van der Waals surface area (Å²) in [6.45, 7) is 0. The van der Waals surface area contributed by atoms with Crippen LogP contribution in [0.4, 0.5) is 0 Å². The van der Waals surface area contributed by atoms with E-state index in [9.17, 15) is 18.0 Å². The molecule has 0 aliphatic heterocycles. The molecular weight excluding hydrogens is 398 g/mol. The van der Waals surface area contributed by atoms with Crippen LogP contribution in [0.1, 0.15) is 48.9 Å². The van der Waals surface area contributed by atoms with Crippen LogP contribution in [0.15, 0.2) is 27.6 Å². The second-order valence-corrected chi connectivity index (χ2v) is 8.71. The molecule has 0 aromatic heterocycles. The number of esters is 1. The highest BCUT2D eigenvalue weighted by Gasteiger charge is 2.30. The maximum Gasteiger partial charge on any atom is 0.340 e. The molecule has 3 rings (SSSR count). The lowest BCUT2D eigenvalue weighted by Gasteiger charge is -2.21. The minimum atomic E-state index is -3.66. The van der Waals surface area contributed by atoms with Crippen molar-refractivity contribution in [3.63, 3.8) is 0 Å². The quantitative estimate of drug-likeness (QED) is 0.746. The number of hydrogen-bond acceptors (Lipinski definition) is 5. The van der Waals surface area contributed by atoms with Gasteiger partial charge in [-0.05, 0) is 66.2 Å². The van der Waals surface area contributed by atoms with Gasteiger partial charge in [0, 0.05) is 16.9 Å². The van der Waals surface area contributed by atoms with E-state index in [0.29, 0.717) is 17.3 Å². The van der Waals surface area contributed by atoms with Crippen LogP contribution in [0.2, 0.25) is 0 Å². The average Bonchev–Trinajstić information content (AvgIpc) is 3.33. The Hall–Kier alpha value is -1.25. The van der Waals surface area contributed by atoms with Crippen LogP contribution < -0.4 is 4.72 Å². The molecule has 2 aliphatic rings. The minimum Gasteiger partial charge on any atom is -0.451 e. The molecule has 2 saturated carbocycles. The lowest BCUT2D eigenvalue weighted by atomic mass is 9.96. The molecule has 1 N–H and O–H groups in total. The van der Waals surface area contributed by atoms with Crippen molar-refractivity contribution in [2.45, 2.75) is 55.6 Å². The zero-order valence-electron chi connectivity index (χ0n) is 13.0. The largest absolute Gasteiger partial charge is 0.451 e. The highest BCUT2D eigenvalue weighted by Crippen LogP contribution is 2.26. The van der Waals surface area contributed by atoms with E-state index in [1.165, 1.54) is 18.2 Å². The van der Waals surface area contributed by atoms with Gasteiger partial charge >= 0.3 is 5.97 Å². The van der Waals surface area contributed by atoms with Crippen molar-refractivity contribution in [1.82, 2.24) is 4.72 Å². The molecule has 1 atom stereocenters. The van der Waals surface area contributed by atoms with Gasteiger partial charge in [0.05, 0.1) is 10.5 Å². The second-order valence-electron chi connectivity index (χ2n) is 6.14. The Bertz CT molecular complexity index is 773. The van der Waals surface area contributed by atoms with Crippen LogP contribution in [0, 0.1) is 0 Å². The Labute approximate surface area is 149 Å². The Kier molecular flexibility index (Phi) is 5.08. The first kappa shape index (κ1) is 17.6. The third-order valence-electron chi connectivity index (χ3n) is 4.12. The Morgan fingerprint density at radius 2 is 1.96 bits per heavy atom. The number of halogens is 1. The van der Waals surface area contributed by atoms with E-state index in [1.807, 2.05) is 0 Å². The van der Waals surface area contributed by atoms with Crippen molar-refractivity contribution in [2.24, 2.45) is 0 Å². The fourth-order valence-electron chi connectivity index (χ4n) is 2.58. The molecule has 0 unspecified atom stereocenters. The van der Waals surface area contributed by atoms with Crippen LogP contribution in [-0.2, 0) is 19.6 Å². The first-order chi connectivity index (χ1) is 11.4. The van der Waals surface area contributed by atoms with E-state index in [2.05, 4.69) is 20.7 Å². The van der Waals surface area contributed by atoms with E-state index in [0.717, 1.165) is 25.7 Å². The summed E-state index contributed by atoms with van der Waals surface area (Å²) in [5.41, 5.74) is 0.104. The maximum atomic E-state index is 12.4. The number of carbonyl (C=O) groups excluding carboxylic acids is 2. The van der Waals surface area contributed by atoms with E-state index >= 15 is 0 Å². The molecule has 0 radical (unpaired) electrons. The van der Waals surface area contributed by atoms with E-state index in [4.69, 9.17) is 4.74 Å². The molecule has 130 valence electrons. The van der Waals surface area contributed by atoms with Crippen LogP contribution in [0.25, 0.3) is 0 Å². The van der Waals surface area contributed by atoms with Gasteiger partial charge in [-0.15, -0.1) is 0 Å². The first-order valence-electron chi connectivity index (χ1n) is 7.92. The standard InChI is InChI=1S/C16H18BrNO5S/c17-13-8-7-11(24(21,22)18-10-5-6-10)9-12(13)16(20)23-15-4-2-1-3-14(15)19/h7-10,15,18H,1-6H2/t15-/m0/s1. The van der Waals surface area contributed by atoms with E-state index < -0.39 is 22.1 Å². The smallest absolute Gasteiger partial charge is 0.340 e. The Morgan fingerprint density at radius 3 is 2.62 bits per heavy atom. The minimum absolute atomic E-state index is 0.0134. The normalized spacial score (nSPS) is 21.5. The first-order valence-corrected chi connectivity index (χ1v) is 10.2. The molecule has 2 aliphatic carbocycles. The molecule has 1 aromatic rings. The van der Waals surface area contributed by atoms with Crippen LogP contribution in [0.5, 0.6) is 0 Å². The Morgan fingerprint density at radius 1 is 1.21 bits per heavy atom. The summed E-state index contributed by atoms with van der Waals surface area (Å²) in [7, 11) is -3.66. The molecule has 0 heterocycles. The molecule has 0 amide bonds. The predicted molar refractivity (Wildman–Crippen MR) is 90.2 cm³/mol. The summed E-state index contributed by atoms with van der Waals surface area (Å²) in [4.78, 5) is 24.2. The molecule has 0 saturated heterocycles. The number of sulfonamides is 1. The van der Waals surface area contributed by atoms with Crippen molar-refractivity contribution in [3.8, 4) is 0 Å². The molecule has 0 spiro atoms. The topological polar surface area (TPSA) is 89.5 Å². The highest BCUT2D eigenvalue weighted by atomic mass is 79.9. The maximum absolute atomic E-state index is 12.4. The van der Waals surface area contributed by atoms with Crippen LogP contribution in [-0.4, -0.2) is 32.3 Å². The number of nitrogens with one attached hydrogen (secondary N) is 1. The predicted octanol–water partition coefficient (Wildman–Crippen LogP) is 2.56. The average molecular weight is 416 g/mol. The van der Waals surface area contributed by atoms with E-state index in [-0.39, 0.29) is 22.3 Å². The lowest BCUT2D eigenvalue weighted by Crippen LogP contribution is -2.30. The summed E-state index contributed by atoms with van der Waals surface area (Å²) in [6.07, 6.45) is 3.51. The van der Waals surface area contributed by atoms with Crippen molar-refractivity contribution in [2.75, 3.05) is 0 Å². The van der Waals surface area contributed by atoms with Gasteiger partial charge in [0.2, 0.25) is 10.0 Å². The van der Waals surface area contributed by atoms with Gasteiger partial charge < -0.3 is 4.74 Å². The summed E-state index contributed by atoms with van der Waals surface area (Å²) in [5, 5.41) is 0. The highest BCUT2D eigenvalue weighted by molar-refractivity contribution is 9.10. The number of ether oxygens (including phenoxy) is 1. The third-order valence-corrected chi connectivity index (χ3v) is 6.32. The van der Waals surface area contributed by atoms with Gasteiger partial charge in [-0.25, -0.2) is 17.9 Å². The summed E-state index contributed by atoms with van der Waals surface area (Å²) < 4.78 is 32.9. The number of carbonyl (C=O) groups is 2. The zero-order valence-corrected chi connectivity index (χ0v) is 15.4. The molecule has 2 fully saturated rings. The second kappa shape index (κ2) is 6.93. The fourth-order valence-corrected chi connectivity index (χ4v) is 4.32. The summed E-state index contributed by atoms with van der Waals surface area (Å²) in [5.74, 6) is -0.768. The van der Waals surface area contributed by atoms with E-state index in [1.54, 1.807) is 0 Å². The van der Waals surface area contributed by atoms with Gasteiger partial charge in [-0.1, -0.05) is 0 Å². The molecular formula is C16H18BrNO5S. The van der Waals surface area contributed by atoms with Gasteiger partial charge in [0.15, 0.2) is 11.9 Å². The monoisotopic (exact) mass is 415 g/mol. The molecule has 24 heavy (non-hydrogen) atoms. The van der Waals surface area contributed by atoms with Gasteiger partial charge in [-0.2, -0.15) is 0 Å². The fraction of sp³-hybridized carbons (Fsp3) is 0.500. The SMILES string of the molecule is O=C(O[C@H]1CCCCC1=O)c1cc(S(=O)(=O)NC2CC2)ccc1Br. The molecule has 8 heteroatoms. The summed E-state index contributed by atoms with van der Waals surface area (Å²) >= 11 is 3.24. The molecule has 0 bridgehead atoms. The Balaban J connectivity index is 1.80. The number of Topliss-reactive ketones (excluding diaryl/α,β-unsaturated/α-hetero) is 1. The number of hydrogen-bond donors (Lipinski definition) is 1. The van der Waals surface area contributed by atoms with Crippen molar-refractivity contribution in [3.05, 3.63) is 28.2 Å². The van der Waals surface area contributed by atoms with Crippen LogP contribution >= 0.6 is 15.9 Å². The number of benzene rings is 1. The summed E-state index contributed by atoms with van der Waals surface area (Å²) in [6, 6.07) is 4.19. The molecule has 1 aromatic carbocycles. The molecule has 6 nitrogen and oxygen atoms in total. The zero-order chi connectivity index (χ0) is 17.3. The van der Waals surface area contributed by atoms with Gasteiger partial charge in [-0.3, -0.25) is 4.79 Å². The third kappa shape index (κ3) is 4.04. The van der Waals surface area contributed by atoms with Gasteiger partial charge in [0.1, 0.15) is 0 Å².